The van der Waals surface area contributed by atoms with Gasteiger partial charge in [-0.1, -0.05) is 44.1 Å². The summed E-state index contributed by atoms with van der Waals surface area (Å²) >= 11 is 9.44. The number of nitrogens with zero attached hydrogens (tertiary/aromatic N) is 1. The van der Waals surface area contributed by atoms with Gasteiger partial charge in [0, 0.05) is 3.57 Å². The Kier molecular flexibility index (Phi) is 4.56. The van der Waals surface area contributed by atoms with Crippen molar-refractivity contribution in [1.82, 2.24) is 9.97 Å². The summed E-state index contributed by atoms with van der Waals surface area (Å²) in [6.45, 7) is 5.71. The molecule has 0 aliphatic heterocycles. The van der Waals surface area contributed by atoms with E-state index in [1.54, 1.807) is 0 Å². The first-order valence-electron chi connectivity index (χ1n) is 5.92. The molecule has 0 fully saturated rings. The molecule has 2 aromatic rings. The summed E-state index contributed by atoms with van der Waals surface area (Å²) in [5.74, 6) is -0.837. The van der Waals surface area contributed by atoms with Gasteiger partial charge in [-0.05, 0) is 40.1 Å². The van der Waals surface area contributed by atoms with Gasteiger partial charge in [-0.2, -0.15) is 0 Å². The highest BCUT2D eigenvalue weighted by atomic mass is 127. The maximum atomic E-state index is 11.4. The fourth-order valence-electron chi connectivity index (χ4n) is 1.75. The minimum absolute atomic E-state index is 0.360. The third-order valence-corrected chi connectivity index (χ3v) is 5.83. The van der Waals surface area contributed by atoms with E-state index in [0.717, 1.165) is 14.6 Å². The SMILES string of the molecule is CC(C)(C)C(Sc1nc2cc(I)c(Cl)cc2[nH]1)C(=O)O. The number of H-pyrrole nitrogens is 1. The Bertz CT molecular complexity index is 627. The van der Waals surface area contributed by atoms with E-state index in [4.69, 9.17) is 11.6 Å². The van der Waals surface area contributed by atoms with Crippen molar-refractivity contribution in [2.45, 2.75) is 31.2 Å². The number of nitrogens with one attached hydrogen (secondary N) is 1. The zero-order valence-corrected chi connectivity index (χ0v) is 14.9. The number of aliphatic carboxylic acids is 1. The molecule has 2 N–H and O–H groups in total. The van der Waals surface area contributed by atoms with Crippen LogP contribution in [0.5, 0.6) is 0 Å². The van der Waals surface area contributed by atoms with Crippen LogP contribution in [0.2, 0.25) is 5.02 Å². The molecule has 7 heteroatoms. The van der Waals surface area contributed by atoms with E-state index in [0.29, 0.717) is 10.2 Å². The second-order valence-electron chi connectivity index (χ2n) is 5.53. The molecule has 1 heterocycles. The Morgan fingerprint density at radius 1 is 1.50 bits per heavy atom. The van der Waals surface area contributed by atoms with E-state index in [-0.39, 0.29) is 5.41 Å². The van der Waals surface area contributed by atoms with Crippen LogP contribution in [0.4, 0.5) is 0 Å². The Balaban J connectivity index is 2.36. The number of fused-ring (bicyclic) bond motifs is 1. The molecule has 0 saturated heterocycles. The molecule has 0 aliphatic rings. The number of aromatic amines is 1. The van der Waals surface area contributed by atoms with Gasteiger partial charge >= 0.3 is 5.97 Å². The molecule has 2 rings (SSSR count). The number of hydrogen-bond donors (Lipinski definition) is 2. The van der Waals surface area contributed by atoms with Crippen LogP contribution in [-0.2, 0) is 4.79 Å². The standard InChI is InChI=1S/C13H14ClIN2O2S/c1-13(2,3)10(11(18)19)20-12-16-8-4-6(14)7(15)5-9(8)17-12/h4-5,10H,1-3H3,(H,16,17)(H,18,19). The number of carboxylic acid groups (broad SMARTS) is 1. The molecular weight excluding hydrogens is 411 g/mol. The van der Waals surface area contributed by atoms with Crippen LogP contribution >= 0.6 is 46.0 Å². The number of hydrogen-bond acceptors (Lipinski definition) is 3. The predicted molar refractivity (Wildman–Crippen MR) is 90.6 cm³/mol. The zero-order valence-electron chi connectivity index (χ0n) is 11.2. The minimum Gasteiger partial charge on any atom is -0.480 e. The molecule has 1 aromatic carbocycles. The van der Waals surface area contributed by atoms with E-state index in [9.17, 15) is 9.90 Å². The summed E-state index contributed by atoms with van der Waals surface area (Å²) in [5, 5.41) is 10.0. The molecule has 0 aliphatic carbocycles. The third-order valence-electron chi connectivity index (χ3n) is 2.74. The predicted octanol–water partition coefficient (Wildman–Crippen LogP) is 4.41. The largest absolute Gasteiger partial charge is 0.480 e. The summed E-state index contributed by atoms with van der Waals surface area (Å²) in [6.07, 6.45) is 0. The molecule has 0 amide bonds. The van der Waals surface area contributed by atoms with Crippen molar-refractivity contribution >= 4 is 63.0 Å². The molecule has 1 unspecified atom stereocenters. The number of imidazole rings is 1. The van der Waals surface area contributed by atoms with Crippen LogP contribution in [0.3, 0.4) is 0 Å². The lowest BCUT2D eigenvalue weighted by Gasteiger charge is -2.25. The van der Waals surface area contributed by atoms with Crippen LogP contribution < -0.4 is 0 Å². The van der Waals surface area contributed by atoms with Crippen molar-refractivity contribution in [3.8, 4) is 0 Å². The lowest BCUT2D eigenvalue weighted by molar-refractivity contribution is -0.138. The van der Waals surface area contributed by atoms with Gasteiger partial charge in [0.05, 0.1) is 16.1 Å². The fraction of sp³-hybridized carbons (Fsp3) is 0.385. The summed E-state index contributed by atoms with van der Waals surface area (Å²) in [7, 11) is 0. The van der Waals surface area contributed by atoms with Crippen molar-refractivity contribution in [3.05, 3.63) is 20.7 Å². The Morgan fingerprint density at radius 3 is 2.70 bits per heavy atom. The van der Waals surface area contributed by atoms with Crippen LogP contribution in [0.25, 0.3) is 11.0 Å². The first kappa shape index (κ1) is 15.9. The number of rotatable bonds is 3. The highest BCUT2D eigenvalue weighted by Crippen LogP contribution is 2.35. The lowest BCUT2D eigenvalue weighted by Crippen LogP contribution is -2.31. The summed E-state index contributed by atoms with van der Waals surface area (Å²) < 4.78 is 0.922. The topological polar surface area (TPSA) is 66.0 Å². The van der Waals surface area contributed by atoms with Crippen LogP contribution in [-0.4, -0.2) is 26.3 Å². The Labute approximate surface area is 139 Å². The summed E-state index contributed by atoms with van der Waals surface area (Å²) in [6, 6.07) is 3.69. The second kappa shape index (κ2) is 5.73. The number of thioether (sulfide) groups is 1. The normalized spacial score (nSPS) is 13.7. The number of aromatic nitrogens is 2. The molecule has 108 valence electrons. The average Bonchev–Trinajstić information content (AvgIpc) is 2.66. The van der Waals surface area contributed by atoms with Crippen LogP contribution in [0, 0.1) is 8.99 Å². The van der Waals surface area contributed by atoms with E-state index in [1.807, 2.05) is 32.9 Å². The molecule has 0 saturated carbocycles. The second-order valence-corrected chi connectivity index (χ2v) is 8.19. The molecule has 20 heavy (non-hydrogen) atoms. The molecular formula is C13H14ClIN2O2S. The van der Waals surface area contributed by atoms with Crippen molar-refractivity contribution in [2.24, 2.45) is 5.41 Å². The van der Waals surface area contributed by atoms with Crippen LogP contribution in [0.15, 0.2) is 17.3 Å². The van der Waals surface area contributed by atoms with Gasteiger partial charge in [0.25, 0.3) is 0 Å². The van der Waals surface area contributed by atoms with Gasteiger partial charge in [0.1, 0.15) is 5.25 Å². The number of carbonyl (C=O) groups is 1. The van der Waals surface area contributed by atoms with Gasteiger partial charge in [0.2, 0.25) is 0 Å². The van der Waals surface area contributed by atoms with E-state index >= 15 is 0 Å². The minimum atomic E-state index is -0.837. The molecule has 1 aromatic heterocycles. The van der Waals surface area contributed by atoms with Crippen molar-refractivity contribution < 1.29 is 9.90 Å². The van der Waals surface area contributed by atoms with Gasteiger partial charge in [0.15, 0.2) is 5.16 Å². The van der Waals surface area contributed by atoms with Gasteiger partial charge in [-0.25, -0.2) is 4.98 Å². The van der Waals surface area contributed by atoms with Crippen molar-refractivity contribution in [1.29, 1.82) is 0 Å². The highest BCUT2D eigenvalue weighted by Gasteiger charge is 2.33. The quantitative estimate of drug-likeness (QED) is 0.566. The Hall–Kier alpha value is -0.470. The average molecular weight is 425 g/mol. The lowest BCUT2D eigenvalue weighted by atomic mass is 9.92. The summed E-state index contributed by atoms with van der Waals surface area (Å²) in [5.41, 5.74) is 1.25. The smallest absolute Gasteiger partial charge is 0.317 e. The zero-order chi connectivity index (χ0) is 15.1. The van der Waals surface area contributed by atoms with E-state index < -0.39 is 11.2 Å². The number of carboxylic acids is 1. The molecule has 0 bridgehead atoms. The van der Waals surface area contributed by atoms with E-state index in [2.05, 4.69) is 32.6 Å². The molecule has 0 spiro atoms. The maximum absolute atomic E-state index is 11.4. The third kappa shape index (κ3) is 3.40. The van der Waals surface area contributed by atoms with Crippen molar-refractivity contribution in [3.63, 3.8) is 0 Å². The number of benzene rings is 1. The van der Waals surface area contributed by atoms with Gasteiger partial charge in [-0.15, -0.1) is 0 Å². The van der Waals surface area contributed by atoms with Crippen LogP contribution in [0.1, 0.15) is 20.8 Å². The molecule has 4 nitrogen and oxygen atoms in total. The maximum Gasteiger partial charge on any atom is 0.317 e. The van der Waals surface area contributed by atoms with Gasteiger partial charge in [-0.3, -0.25) is 4.79 Å². The fourth-order valence-corrected chi connectivity index (χ4v) is 3.36. The van der Waals surface area contributed by atoms with Crippen molar-refractivity contribution in [2.75, 3.05) is 0 Å². The highest BCUT2D eigenvalue weighted by molar-refractivity contribution is 14.1. The first-order valence-corrected chi connectivity index (χ1v) is 8.26. The van der Waals surface area contributed by atoms with Gasteiger partial charge < -0.3 is 10.1 Å². The number of halogens is 2. The molecule has 1 atom stereocenters. The monoisotopic (exact) mass is 424 g/mol. The summed E-state index contributed by atoms with van der Waals surface area (Å²) in [4.78, 5) is 18.9. The van der Waals surface area contributed by atoms with E-state index in [1.165, 1.54) is 11.8 Å². The first-order chi connectivity index (χ1) is 9.18. The molecule has 0 radical (unpaired) electrons. The Morgan fingerprint density at radius 2 is 2.15 bits per heavy atom.